The van der Waals surface area contributed by atoms with Gasteiger partial charge in [0.05, 0.1) is 24.6 Å². The van der Waals surface area contributed by atoms with Crippen molar-refractivity contribution in [1.29, 1.82) is 0 Å². The summed E-state index contributed by atoms with van der Waals surface area (Å²) in [7, 11) is 1.98. The fourth-order valence-corrected chi connectivity index (χ4v) is 4.51. The number of hydrogen-bond donors (Lipinski definition) is 3. The number of benzene rings is 2. The highest BCUT2D eigenvalue weighted by Gasteiger charge is 2.23. The van der Waals surface area contributed by atoms with Crippen LogP contribution in [0, 0.1) is 0 Å². The molecule has 3 aromatic rings. The molecule has 1 aromatic heterocycles. The number of nitrogens with one attached hydrogen (secondary N) is 2. The highest BCUT2D eigenvalue weighted by atomic mass is 16.3. The van der Waals surface area contributed by atoms with Crippen molar-refractivity contribution >= 4 is 11.7 Å². The third-order valence-corrected chi connectivity index (χ3v) is 6.18. The number of carbonyl (C=O) groups is 1. The van der Waals surface area contributed by atoms with Crippen LogP contribution in [0.5, 0.6) is 0 Å². The van der Waals surface area contributed by atoms with Gasteiger partial charge in [-0.15, -0.1) is 0 Å². The van der Waals surface area contributed by atoms with Gasteiger partial charge in [0.1, 0.15) is 5.76 Å². The fourth-order valence-electron chi connectivity index (χ4n) is 4.51. The molecule has 0 aliphatic carbocycles. The van der Waals surface area contributed by atoms with Crippen molar-refractivity contribution in [2.24, 2.45) is 0 Å². The number of nitrogens with zero attached hydrogens (tertiary/aromatic N) is 2. The van der Waals surface area contributed by atoms with E-state index in [9.17, 15) is 9.90 Å². The van der Waals surface area contributed by atoms with E-state index in [4.69, 9.17) is 4.42 Å². The van der Waals surface area contributed by atoms with Gasteiger partial charge in [-0.2, -0.15) is 0 Å². The summed E-state index contributed by atoms with van der Waals surface area (Å²) < 4.78 is 5.37. The second-order valence-corrected chi connectivity index (χ2v) is 9.01. The van der Waals surface area contributed by atoms with Gasteiger partial charge in [0.25, 0.3) is 0 Å². The molecule has 1 unspecified atom stereocenters. The number of aliphatic hydroxyl groups excluding tert-OH is 1. The maximum atomic E-state index is 12.7. The molecule has 1 saturated heterocycles. The molecule has 34 heavy (non-hydrogen) atoms. The zero-order valence-electron chi connectivity index (χ0n) is 19.7. The van der Waals surface area contributed by atoms with Gasteiger partial charge in [-0.3, -0.25) is 4.90 Å². The molecule has 2 amide bonds. The van der Waals surface area contributed by atoms with Gasteiger partial charge in [-0.1, -0.05) is 48.5 Å². The Hall–Kier alpha value is -3.13. The Morgan fingerprint density at radius 1 is 1.09 bits per heavy atom. The van der Waals surface area contributed by atoms with Crippen molar-refractivity contribution in [2.75, 3.05) is 38.5 Å². The predicted octanol–water partition coefficient (Wildman–Crippen LogP) is 4.03. The lowest BCUT2D eigenvalue weighted by Gasteiger charge is -2.34. The van der Waals surface area contributed by atoms with Gasteiger partial charge in [0, 0.05) is 37.8 Å². The molecular weight excluding hydrogens is 428 g/mol. The third kappa shape index (κ3) is 6.93. The van der Waals surface area contributed by atoms with Crippen LogP contribution in [0.25, 0.3) is 11.1 Å². The average Bonchev–Trinajstić information content (AvgIpc) is 3.34. The first-order chi connectivity index (χ1) is 16.6. The van der Waals surface area contributed by atoms with E-state index in [0.717, 1.165) is 48.5 Å². The van der Waals surface area contributed by atoms with Crippen molar-refractivity contribution < 1.29 is 14.3 Å². The molecule has 7 nitrogen and oxygen atoms in total. The summed E-state index contributed by atoms with van der Waals surface area (Å²) in [6.45, 7) is 3.60. The number of rotatable bonds is 9. The Balaban J connectivity index is 1.20. The molecule has 1 aliphatic rings. The van der Waals surface area contributed by atoms with E-state index >= 15 is 0 Å². The van der Waals surface area contributed by atoms with Crippen molar-refractivity contribution in [3.8, 4) is 11.1 Å². The average molecular weight is 463 g/mol. The molecule has 2 heterocycles. The van der Waals surface area contributed by atoms with Crippen LogP contribution >= 0.6 is 0 Å². The number of β-amino-alcohol motifs (C(OH)–C–C–N with tert-alkyl or cyclic N) is 1. The van der Waals surface area contributed by atoms with Crippen molar-refractivity contribution in [3.05, 3.63) is 78.8 Å². The largest absolute Gasteiger partial charge is 0.468 e. The first kappa shape index (κ1) is 24.0. The summed E-state index contributed by atoms with van der Waals surface area (Å²) in [5.74, 6) is 0.895. The summed E-state index contributed by atoms with van der Waals surface area (Å²) in [5, 5.41) is 16.6. The van der Waals surface area contributed by atoms with Crippen LogP contribution in [0.4, 0.5) is 10.5 Å². The minimum Gasteiger partial charge on any atom is -0.468 e. The maximum Gasteiger partial charge on any atom is 0.319 e. The molecule has 0 saturated carbocycles. The quantitative estimate of drug-likeness (QED) is 0.447. The molecule has 0 spiro atoms. The smallest absolute Gasteiger partial charge is 0.319 e. The number of piperidine rings is 1. The number of hydrogen-bond acceptors (Lipinski definition) is 5. The molecule has 4 rings (SSSR count). The number of likely N-dealkylation sites (tertiary alicyclic amines) is 1. The number of anilines is 1. The first-order valence-corrected chi connectivity index (χ1v) is 11.9. The monoisotopic (exact) mass is 462 g/mol. The summed E-state index contributed by atoms with van der Waals surface area (Å²) >= 11 is 0. The number of urea groups is 1. The minimum atomic E-state index is -0.428. The van der Waals surface area contributed by atoms with Gasteiger partial charge in [0.2, 0.25) is 0 Å². The molecule has 0 radical (unpaired) electrons. The second-order valence-electron chi connectivity index (χ2n) is 9.01. The second kappa shape index (κ2) is 11.8. The number of para-hydroxylation sites is 1. The van der Waals surface area contributed by atoms with Crippen LogP contribution in [0.2, 0.25) is 0 Å². The van der Waals surface area contributed by atoms with E-state index < -0.39 is 6.10 Å². The highest BCUT2D eigenvalue weighted by Crippen LogP contribution is 2.27. The lowest BCUT2D eigenvalue weighted by Crippen LogP contribution is -2.48. The Labute approximate surface area is 201 Å². The van der Waals surface area contributed by atoms with E-state index in [1.807, 2.05) is 73.8 Å². The van der Waals surface area contributed by atoms with Crippen molar-refractivity contribution in [2.45, 2.75) is 31.5 Å². The van der Waals surface area contributed by atoms with E-state index in [1.165, 1.54) is 0 Å². The topological polar surface area (TPSA) is 81.0 Å². The minimum absolute atomic E-state index is 0.124. The SMILES string of the molecule is CN(Cc1ccco1)CC(O)CN1CCC(NC(=O)Nc2ccccc2-c2ccccc2)CC1. The number of amides is 2. The Bertz CT molecular complexity index is 1020. The van der Waals surface area contributed by atoms with Crippen molar-refractivity contribution in [3.63, 3.8) is 0 Å². The van der Waals surface area contributed by atoms with Crippen LogP contribution in [0.3, 0.4) is 0 Å². The lowest BCUT2D eigenvalue weighted by molar-refractivity contribution is 0.0671. The van der Waals surface area contributed by atoms with Gasteiger partial charge in [-0.05, 0) is 43.7 Å². The molecular formula is C27H34N4O3. The third-order valence-electron chi connectivity index (χ3n) is 6.18. The lowest BCUT2D eigenvalue weighted by atomic mass is 10.0. The number of aliphatic hydroxyl groups is 1. The van der Waals surface area contributed by atoms with Crippen LogP contribution in [0.15, 0.2) is 77.4 Å². The Morgan fingerprint density at radius 2 is 1.82 bits per heavy atom. The Morgan fingerprint density at radius 3 is 2.56 bits per heavy atom. The van der Waals surface area contributed by atoms with Gasteiger partial charge in [-0.25, -0.2) is 4.79 Å². The maximum absolute atomic E-state index is 12.7. The predicted molar refractivity (Wildman–Crippen MR) is 135 cm³/mol. The number of likely N-dealkylation sites (N-methyl/N-ethyl adjacent to an activating group) is 1. The number of carbonyl (C=O) groups excluding carboxylic acids is 1. The molecule has 3 N–H and O–H groups in total. The van der Waals surface area contributed by atoms with Gasteiger partial charge in [0.15, 0.2) is 0 Å². The van der Waals surface area contributed by atoms with Crippen LogP contribution in [-0.2, 0) is 6.54 Å². The zero-order chi connectivity index (χ0) is 23.8. The molecule has 2 aromatic carbocycles. The highest BCUT2D eigenvalue weighted by molar-refractivity contribution is 5.94. The van der Waals surface area contributed by atoms with E-state index in [-0.39, 0.29) is 12.1 Å². The summed E-state index contributed by atoms with van der Waals surface area (Å²) in [6.07, 6.45) is 2.97. The summed E-state index contributed by atoms with van der Waals surface area (Å²) in [5.41, 5.74) is 2.87. The summed E-state index contributed by atoms with van der Waals surface area (Å²) in [4.78, 5) is 17.0. The van der Waals surface area contributed by atoms with E-state index in [1.54, 1.807) is 6.26 Å². The normalized spacial score (nSPS) is 15.9. The zero-order valence-corrected chi connectivity index (χ0v) is 19.7. The molecule has 0 bridgehead atoms. The van der Waals surface area contributed by atoms with E-state index in [0.29, 0.717) is 19.6 Å². The van der Waals surface area contributed by atoms with Crippen molar-refractivity contribution in [1.82, 2.24) is 15.1 Å². The molecule has 1 fully saturated rings. The first-order valence-electron chi connectivity index (χ1n) is 11.9. The van der Waals surface area contributed by atoms with Crippen LogP contribution < -0.4 is 10.6 Å². The van der Waals surface area contributed by atoms with Crippen LogP contribution in [0.1, 0.15) is 18.6 Å². The molecule has 1 atom stereocenters. The fraction of sp³-hybridized carbons (Fsp3) is 0.370. The van der Waals surface area contributed by atoms with Gasteiger partial charge >= 0.3 is 6.03 Å². The van der Waals surface area contributed by atoms with E-state index in [2.05, 4.69) is 20.4 Å². The van der Waals surface area contributed by atoms with Crippen LogP contribution in [-0.4, -0.2) is 66.3 Å². The molecule has 180 valence electrons. The number of furan rings is 1. The summed E-state index contributed by atoms with van der Waals surface area (Å²) in [6, 6.07) is 21.7. The Kier molecular flexibility index (Phi) is 8.36. The molecule has 1 aliphatic heterocycles. The standard InChI is InChI=1S/C27H34N4O3/c1-30(20-24-10-7-17-34-24)18-23(32)19-31-15-13-22(14-16-31)28-27(33)29-26-12-6-5-11-25(26)21-8-3-2-4-9-21/h2-12,17,22-23,32H,13-16,18-20H2,1H3,(H2,28,29,33). The van der Waals surface area contributed by atoms with Gasteiger partial charge < -0.3 is 25.1 Å². The molecule has 7 heteroatoms.